The van der Waals surface area contributed by atoms with Gasteiger partial charge in [0.1, 0.15) is 10.7 Å². The van der Waals surface area contributed by atoms with Crippen molar-refractivity contribution in [1.29, 1.82) is 0 Å². The van der Waals surface area contributed by atoms with Crippen molar-refractivity contribution in [2.75, 3.05) is 19.6 Å². The minimum Gasteiger partial charge on any atom is -0.369 e. The molecular formula is C15H20N6O2S. The Kier molecular flexibility index (Phi) is 4.91. The maximum Gasteiger partial charge on any atom is 0.270 e. The van der Waals surface area contributed by atoms with Gasteiger partial charge in [-0.1, -0.05) is 0 Å². The molecule has 0 radical (unpaired) electrons. The van der Waals surface area contributed by atoms with E-state index in [1.165, 1.54) is 11.3 Å². The molecule has 1 saturated heterocycles. The summed E-state index contributed by atoms with van der Waals surface area (Å²) in [7, 11) is 1.84. The summed E-state index contributed by atoms with van der Waals surface area (Å²) >= 11 is 1.43. The highest BCUT2D eigenvalue weighted by Gasteiger charge is 2.23. The fourth-order valence-electron chi connectivity index (χ4n) is 2.76. The standard InChI is InChI=1S/C15H20N6O2S/c1-20-7-10(6-17-20)15-19-12(9-24-15)14(23)18-11-2-4-21(5-3-11)8-13(16)22/h6-7,9,11H,2-5,8H2,1H3,(H2,16,22)(H,18,23). The maximum absolute atomic E-state index is 12.3. The van der Waals surface area contributed by atoms with Crippen LogP contribution in [-0.2, 0) is 11.8 Å². The molecule has 3 heterocycles. The van der Waals surface area contributed by atoms with Crippen molar-refractivity contribution in [3.05, 3.63) is 23.5 Å². The Labute approximate surface area is 143 Å². The summed E-state index contributed by atoms with van der Waals surface area (Å²) in [5.41, 5.74) is 6.54. The highest BCUT2D eigenvalue weighted by Crippen LogP contribution is 2.23. The van der Waals surface area contributed by atoms with E-state index >= 15 is 0 Å². The van der Waals surface area contributed by atoms with Gasteiger partial charge in [0.25, 0.3) is 5.91 Å². The summed E-state index contributed by atoms with van der Waals surface area (Å²) in [6.07, 6.45) is 5.21. The molecule has 2 amide bonds. The van der Waals surface area contributed by atoms with Gasteiger partial charge in [-0.15, -0.1) is 11.3 Å². The van der Waals surface area contributed by atoms with Gasteiger partial charge < -0.3 is 11.1 Å². The van der Waals surface area contributed by atoms with Crippen LogP contribution in [-0.4, -0.2) is 57.2 Å². The van der Waals surface area contributed by atoms with Gasteiger partial charge >= 0.3 is 0 Å². The Balaban J connectivity index is 1.54. The summed E-state index contributed by atoms with van der Waals surface area (Å²) in [5.74, 6) is -0.474. The first-order valence-electron chi connectivity index (χ1n) is 7.77. The topological polar surface area (TPSA) is 106 Å². The van der Waals surface area contributed by atoms with E-state index in [4.69, 9.17) is 5.73 Å². The number of hydrogen-bond donors (Lipinski definition) is 2. The molecule has 2 aromatic rings. The normalized spacial score (nSPS) is 16.2. The van der Waals surface area contributed by atoms with Crippen molar-refractivity contribution >= 4 is 23.2 Å². The lowest BCUT2D eigenvalue weighted by molar-refractivity contribution is -0.119. The van der Waals surface area contributed by atoms with Crippen LogP contribution in [0.2, 0.25) is 0 Å². The van der Waals surface area contributed by atoms with E-state index in [0.717, 1.165) is 36.5 Å². The van der Waals surface area contributed by atoms with Gasteiger partial charge in [-0.2, -0.15) is 5.10 Å². The van der Waals surface area contributed by atoms with Crippen LogP contribution in [0.5, 0.6) is 0 Å². The van der Waals surface area contributed by atoms with Gasteiger partial charge in [0.05, 0.1) is 12.7 Å². The fourth-order valence-corrected chi connectivity index (χ4v) is 3.53. The molecule has 1 fully saturated rings. The van der Waals surface area contributed by atoms with E-state index < -0.39 is 0 Å². The molecule has 128 valence electrons. The Morgan fingerprint density at radius 1 is 1.42 bits per heavy atom. The molecular weight excluding hydrogens is 328 g/mol. The number of nitrogens with two attached hydrogens (primary N) is 1. The smallest absolute Gasteiger partial charge is 0.270 e. The van der Waals surface area contributed by atoms with Gasteiger partial charge in [-0.05, 0) is 12.8 Å². The van der Waals surface area contributed by atoms with Crippen LogP contribution >= 0.6 is 11.3 Å². The number of thiazole rings is 1. The molecule has 2 aromatic heterocycles. The molecule has 0 bridgehead atoms. The van der Waals surface area contributed by atoms with Crippen LogP contribution in [0.1, 0.15) is 23.3 Å². The molecule has 0 unspecified atom stereocenters. The minimum absolute atomic E-state index is 0.102. The number of carbonyl (C=O) groups is 2. The van der Waals surface area contributed by atoms with Crippen molar-refractivity contribution < 1.29 is 9.59 Å². The highest BCUT2D eigenvalue weighted by molar-refractivity contribution is 7.13. The number of likely N-dealkylation sites (tertiary alicyclic amines) is 1. The van der Waals surface area contributed by atoms with E-state index in [0.29, 0.717) is 5.69 Å². The second kappa shape index (κ2) is 7.10. The lowest BCUT2D eigenvalue weighted by atomic mass is 10.0. The SMILES string of the molecule is Cn1cc(-c2nc(C(=O)NC3CCN(CC(N)=O)CC3)cs2)cn1. The van der Waals surface area contributed by atoms with E-state index in [2.05, 4.69) is 15.4 Å². The van der Waals surface area contributed by atoms with Crippen LogP contribution in [0.4, 0.5) is 0 Å². The Bertz CT molecular complexity index is 732. The van der Waals surface area contributed by atoms with E-state index in [-0.39, 0.29) is 24.4 Å². The molecule has 9 heteroatoms. The van der Waals surface area contributed by atoms with Crippen LogP contribution < -0.4 is 11.1 Å². The zero-order valence-electron chi connectivity index (χ0n) is 13.4. The number of nitrogens with one attached hydrogen (secondary N) is 1. The van der Waals surface area contributed by atoms with Crippen LogP contribution in [0, 0.1) is 0 Å². The third-order valence-electron chi connectivity index (χ3n) is 3.99. The number of amides is 2. The monoisotopic (exact) mass is 348 g/mol. The second-order valence-electron chi connectivity index (χ2n) is 5.93. The lowest BCUT2D eigenvalue weighted by Gasteiger charge is -2.31. The van der Waals surface area contributed by atoms with Crippen molar-refractivity contribution in [2.24, 2.45) is 12.8 Å². The molecule has 0 saturated carbocycles. The molecule has 0 atom stereocenters. The highest BCUT2D eigenvalue weighted by atomic mass is 32.1. The number of piperidine rings is 1. The van der Waals surface area contributed by atoms with Crippen molar-refractivity contribution in [3.8, 4) is 10.6 Å². The first kappa shape index (κ1) is 16.6. The summed E-state index contributed by atoms with van der Waals surface area (Å²) in [6.45, 7) is 1.79. The number of carbonyl (C=O) groups excluding carboxylic acids is 2. The van der Waals surface area contributed by atoms with Gasteiger partial charge in [-0.3, -0.25) is 19.2 Å². The third-order valence-corrected chi connectivity index (χ3v) is 4.88. The van der Waals surface area contributed by atoms with E-state index in [9.17, 15) is 9.59 Å². The molecule has 8 nitrogen and oxygen atoms in total. The fraction of sp³-hybridized carbons (Fsp3) is 0.467. The van der Waals surface area contributed by atoms with Gasteiger partial charge in [-0.25, -0.2) is 4.98 Å². The van der Waals surface area contributed by atoms with E-state index in [1.54, 1.807) is 16.3 Å². The molecule has 3 N–H and O–H groups in total. The molecule has 1 aliphatic heterocycles. The van der Waals surface area contributed by atoms with Gasteiger partial charge in [0.2, 0.25) is 5.91 Å². The van der Waals surface area contributed by atoms with Crippen LogP contribution in [0.15, 0.2) is 17.8 Å². The van der Waals surface area contributed by atoms with Gasteiger partial charge in [0.15, 0.2) is 0 Å². The number of primary amides is 1. The summed E-state index contributed by atoms with van der Waals surface area (Å²) in [4.78, 5) is 29.7. The molecule has 1 aliphatic rings. The number of rotatable bonds is 5. The van der Waals surface area contributed by atoms with Crippen molar-refractivity contribution in [1.82, 2.24) is 25.0 Å². The van der Waals surface area contributed by atoms with Crippen LogP contribution in [0.25, 0.3) is 10.6 Å². The lowest BCUT2D eigenvalue weighted by Crippen LogP contribution is -2.46. The van der Waals surface area contributed by atoms with E-state index in [1.807, 2.05) is 18.1 Å². The number of aromatic nitrogens is 3. The first-order valence-corrected chi connectivity index (χ1v) is 8.65. The molecule has 0 spiro atoms. The van der Waals surface area contributed by atoms with Crippen LogP contribution in [0.3, 0.4) is 0 Å². The molecule has 0 aliphatic carbocycles. The first-order chi connectivity index (χ1) is 11.5. The van der Waals surface area contributed by atoms with Crippen molar-refractivity contribution in [3.63, 3.8) is 0 Å². The zero-order valence-corrected chi connectivity index (χ0v) is 14.3. The Morgan fingerprint density at radius 3 is 2.79 bits per heavy atom. The molecule has 0 aromatic carbocycles. The number of aryl methyl sites for hydroxylation is 1. The predicted octanol–water partition coefficient (Wildman–Crippen LogP) is 0.223. The van der Waals surface area contributed by atoms with Crippen molar-refractivity contribution in [2.45, 2.75) is 18.9 Å². The largest absolute Gasteiger partial charge is 0.369 e. The Morgan fingerprint density at radius 2 is 2.17 bits per heavy atom. The summed E-state index contributed by atoms with van der Waals surface area (Å²) in [6, 6.07) is 0.102. The second-order valence-corrected chi connectivity index (χ2v) is 6.79. The molecule has 24 heavy (non-hydrogen) atoms. The number of hydrogen-bond acceptors (Lipinski definition) is 6. The quantitative estimate of drug-likeness (QED) is 0.804. The average molecular weight is 348 g/mol. The summed E-state index contributed by atoms with van der Waals surface area (Å²) < 4.78 is 1.70. The zero-order chi connectivity index (χ0) is 17.1. The number of nitrogens with zero attached hydrogens (tertiary/aromatic N) is 4. The van der Waals surface area contributed by atoms with Gasteiger partial charge in [0, 0.05) is 43.3 Å². The average Bonchev–Trinajstić information content (AvgIpc) is 3.17. The third kappa shape index (κ3) is 3.98. The minimum atomic E-state index is -0.317. The predicted molar refractivity (Wildman–Crippen MR) is 90.4 cm³/mol. The Hall–Kier alpha value is -2.26. The summed E-state index contributed by atoms with van der Waals surface area (Å²) in [5, 5.41) is 9.68. The molecule has 3 rings (SSSR count). The maximum atomic E-state index is 12.3.